The second-order valence-corrected chi connectivity index (χ2v) is 4.51. The van der Waals surface area contributed by atoms with Gasteiger partial charge in [-0.05, 0) is 6.07 Å². The highest BCUT2D eigenvalue weighted by molar-refractivity contribution is 6.32. The molecule has 0 bridgehead atoms. The zero-order chi connectivity index (χ0) is 14.1. The van der Waals surface area contributed by atoms with Crippen LogP contribution >= 0.6 is 11.6 Å². The maximum Gasteiger partial charge on any atom is 0.174 e. The molecular formula is C13H12ClN5O. The number of hydrogen-bond acceptors (Lipinski definition) is 5. The van der Waals surface area contributed by atoms with Crippen molar-refractivity contribution in [2.75, 3.05) is 7.11 Å². The van der Waals surface area contributed by atoms with Gasteiger partial charge in [-0.15, -0.1) is 0 Å². The van der Waals surface area contributed by atoms with Crippen LogP contribution < -0.4 is 10.5 Å². The molecule has 7 heteroatoms. The Labute approximate surface area is 120 Å². The minimum Gasteiger partial charge on any atom is -0.494 e. The van der Waals surface area contributed by atoms with Crippen LogP contribution in [0.4, 0.5) is 0 Å². The molecule has 0 saturated heterocycles. The van der Waals surface area contributed by atoms with Crippen molar-refractivity contribution in [3.8, 4) is 17.0 Å². The lowest BCUT2D eigenvalue weighted by molar-refractivity contribution is 0.414. The molecule has 0 saturated carbocycles. The van der Waals surface area contributed by atoms with E-state index in [0.717, 1.165) is 11.3 Å². The molecule has 3 heterocycles. The normalized spacial score (nSPS) is 10.9. The number of pyridine rings is 1. The summed E-state index contributed by atoms with van der Waals surface area (Å²) in [6, 6.07) is 1.85. The van der Waals surface area contributed by atoms with Crippen molar-refractivity contribution in [3.63, 3.8) is 0 Å². The summed E-state index contributed by atoms with van der Waals surface area (Å²) >= 11 is 6.15. The van der Waals surface area contributed by atoms with Gasteiger partial charge >= 0.3 is 0 Å². The lowest BCUT2D eigenvalue weighted by Gasteiger charge is -2.10. The number of methoxy groups -OCH3 is 1. The SMILES string of the molecule is COc1cnc(CN)cc1-c1cn2ccnc2c(Cl)n1. The summed E-state index contributed by atoms with van der Waals surface area (Å²) in [5.41, 5.74) is 8.46. The fourth-order valence-corrected chi connectivity index (χ4v) is 2.22. The molecule has 0 spiro atoms. The highest BCUT2D eigenvalue weighted by atomic mass is 35.5. The van der Waals surface area contributed by atoms with E-state index < -0.39 is 0 Å². The van der Waals surface area contributed by atoms with Crippen LogP contribution in [0, 0.1) is 0 Å². The van der Waals surface area contributed by atoms with E-state index in [0.29, 0.717) is 28.8 Å². The summed E-state index contributed by atoms with van der Waals surface area (Å²) in [5.74, 6) is 0.616. The van der Waals surface area contributed by atoms with Crippen molar-refractivity contribution in [2.24, 2.45) is 5.73 Å². The number of nitrogens with two attached hydrogens (primary N) is 1. The summed E-state index contributed by atoms with van der Waals surface area (Å²) in [6.45, 7) is 0.345. The third kappa shape index (κ3) is 2.09. The van der Waals surface area contributed by atoms with Gasteiger partial charge in [-0.25, -0.2) is 9.97 Å². The van der Waals surface area contributed by atoms with Crippen LogP contribution in [0.1, 0.15) is 5.69 Å². The quantitative estimate of drug-likeness (QED) is 0.797. The first-order chi connectivity index (χ1) is 9.72. The van der Waals surface area contributed by atoms with Gasteiger partial charge in [0.05, 0.1) is 24.7 Å². The van der Waals surface area contributed by atoms with E-state index in [4.69, 9.17) is 22.1 Å². The molecule has 0 fully saturated rings. The van der Waals surface area contributed by atoms with Gasteiger partial charge in [0.1, 0.15) is 5.75 Å². The molecular weight excluding hydrogens is 278 g/mol. The van der Waals surface area contributed by atoms with Gasteiger partial charge in [-0.3, -0.25) is 4.98 Å². The van der Waals surface area contributed by atoms with Crippen molar-refractivity contribution >= 4 is 17.2 Å². The Morgan fingerprint density at radius 2 is 2.25 bits per heavy atom. The molecule has 0 atom stereocenters. The molecule has 0 amide bonds. The monoisotopic (exact) mass is 289 g/mol. The van der Waals surface area contributed by atoms with E-state index >= 15 is 0 Å². The number of ether oxygens (including phenoxy) is 1. The summed E-state index contributed by atoms with van der Waals surface area (Å²) in [6.07, 6.45) is 6.95. The van der Waals surface area contributed by atoms with E-state index in [1.54, 1.807) is 19.5 Å². The summed E-state index contributed by atoms with van der Waals surface area (Å²) in [4.78, 5) is 12.7. The molecule has 2 N–H and O–H groups in total. The molecule has 0 aromatic carbocycles. The molecule has 0 aliphatic carbocycles. The number of halogens is 1. The maximum atomic E-state index is 6.15. The fourth-order valence-electron chi connectivity index (χ4n) is 1.98. The maximum absolute atomic E-state index is 6.15. The first-order valence-corrected chi connectivity index (χ1v) is 6.33. The van der Waals surface area contributed by atoms with Crippen LogP contribution in [0.5, 0.6) is 5.75 Å². The molecule has 20 heavy (non-hydrogen) atoms. The van der Waals surface area contributed by atoms with E-state index in [1.807, 2.05) is 22.9 Å². The molecule has 3 aromatic rings. The predicted molar refractivity (Wildman–Crippen MR) is 75.7 cm³/mol. The summed E-state index contributed by atoms with van der Waals surface area (Å²) in [7, 11) is 1.58. The molecule has 0 radical (unpaired) electrons. The van der Waals surface area contributed by atoms with Crippen molar-refractivity contribution < 1.29 is 4.74 Å². The Balaban J connectivity index is 2.23. The van der Waals surface area contributed by atoms with E-state index in [2.05, 4.69) is 15.0 Å². The lowest BCUT2D eigenvalue weighted by Crippen LogP contribution is -2.02. The topological polar surface area (TPSA) is 78.3 Å². The standard InChI is InChI=1S/C13H12ClN5O/c1-20-11-6-17-8(5-15)4-9(11)10-7-19-3-2-16-13(19)12(14)18-10/h2-4,6-7H,5,15H2,1H3. The molecule has 6 nitrogen and oxygen atoms in total. The molecule has 3 aromatic heterocycles. The van der Waals surface area contributed by atoms with Crippen LogP contribution in [-0.2, 0) is 6.54 Å². The summed E-state index contributed by atoms with van der Waals surface area (Å²) in [5, 5.41) is 0.334. The van der Waals surface area contributed by atoms with Gasteiger partial charge in [0, 0.05) is 30.7 Å². The Bertz CT molecular complexity index is 771. The third-order valence-corrected chi connectivity index (χ3v) is 3.22. The molecule has 102 valence electrons. The number of imidazole rings is 1. The number of fused-ring (bicyclic) bond motifs is 1. The van der Waals surface area contributed by atoms with Crippen molar-refractivity contribution in [1.82, 2.24) is 19.4 Å². The minimum absolute atomic E-state index is 0.334. The number of aromatic nitrogens is 4. The lowest BCUT2D eigenvalue weighted by atomic mass is 10.1. The van der Waals surface area contributed by atoms with Crippen LogP contribution in [-0.4, -0.2) is 26.5 Å². The Hall–Kier alpha value is -2.18. The highest BCUT2D eigenvalue weighted by Crippen LogP contribution is 2.30. The fraction of sp³-hybridized carbons (Fsp3) is 0.154. The Kier molecular flexibility index (Phi) is 3.25. The van der Waals surface area contributed by atoms with Gasteiger partial charge < -0.3 is 14.9 Å². The highest BCUT2D eigenvalue weighted by Gasteiger charge is 2.12. The summed E-state index contributed by atoms with van der Waals surface area (Å²) < 4.78 is 7.13. The average Bonchev–Trinajstić information content (AvgIpc) is 2.95. The van der Waals surface area contributed by atoms with E-state index in [1.165, 1.54) is 0 Å². The van der Waals surface area contributed by atoms with Crippen LogP contribution in [0.15, 0.2) is 30.9 Å². The second kappa shape index (κ2) is 5.07. The van der Waals surface area contributed by atoms with Crippen molar-refractivity contribution in [2.45, 2.75) is 6.54 Å². The number of hydrogen-bond donors (Lipinski definition) is 1. The van der Waals surface area contributed by atoms with Crippen LogP contribution in [0.25, 0.3) is 16.9 Å². The zero-order valence-corrected chi connectivity index (χ0v) is 11.5. The third-order valence-electron chi connectivity index (χ3n) is 2.96. The molecule has 3 rings (SSSR count). The van der Waals surface area contributed by atoms with Gasteiger partial charge in [0.2, 0.25) is 0 Å². The largest absolute Gasteiger partial charge is 0.494 e. The van der Waals surface area contributed by atoms with Gasteiger partial charge in [-0.1, -0.05) is 11.6 Å². The predicted octanol–water partition coefficient (Wildman–Crippen LogP) is 1.91. The second-order valence-electron chi connectivity index (χ2n) is 4.16. The first kappa shape index (κ1) is 12.8. The molecule has 0 aliphatic heterocycles. The number of rotatable bonds is 3. The van der Waals surface area contributed by atoms with Gasteiger partial charge in [0.25, 0.3) is 0 Å². The average molecular weight is 290 g/mol. The van der Waals surface area contributed by atoms with Crippen LogP contribution in [0.2, 0.25) is 5.15 Å². The van der Waals surface area contributed by atoms with Gasteiger partial charge in [-0.2, -0.15) is 0 Å². The van der Waals surface area contributed by atoms with E-state index in [-0.39, 0.29) is 0 Å². The van der Waals surface area contributed by atoms with Crippen LogP contribution in [0.3, 0.4) is 0 Å². The first-order valence-electron chi connectivity index (χ1n) is 5.95. The Morgan fingerprint density at radius 1 is 1.40 bits per heavy atom. The van der Waals surface area contributed by atoms with Gasteiger partial charge in [0.15, 0.2) is 10.8 Å². The smallest absolute Gasteiger partial charge is 0.174 e. The zero-order valence-electron chi connectivity index (χ0n) is 10.7. The number of nitrogens with zero attached hydrogens (tertiary/aromatic N) is 4. The molecule has 0 unspecified atom stereocenters. The van der Waals surface area contributed by atoms with E-state index in [9.17, 15) is 0 Å². The van der Waals surface area contributed by atoms with Crippen molar-refractivity contribution in [1.29, 1.82) is 0 Å². The minimum atomic E-state index is 0.334. The van der Waals surface area contributed by atoms with Crippen molar-refractivity contribution in [3.05, 3.63) is 41.7 Å². The molecule has 0 aliphatic rings. The Morgan fingerprint density at radius 3 is 3.00 bits per heavy atom.